The highest BCUT2D eigenvalue weighted by Crippen LogP contribution is 2.44. The van der Waals surface area contributed by atoms with Crippen molar-refractivity contribution in [3.8, 4) is 0 Å². The van der Waals surface area contributed by atoms with Crippen LogP contribution in [0.4, 0.5) is 0 Å². The smallest absolute Gasteiger partial charge is 0.0471 e. The molecule has 124 valence electrons. The Morgan fingerprint density at radius 2 is 2.22 bits per heavy atom. The number of unbranched alkanes of at least 4 members (excludes halogenated alkanes) is 1. The second-order valence-electron chi connectivity index (χ2n) is 7.63. The van der Waals surface area contributed by atoms with Gasteiger partial charge in [-0.15, -0.1) is 0 Å². The summed E-state index contributed by atoms with van der Waals surface area (Å²) in [5.41, 5.74) is 5.80. The van der Waals surface area contributed by atoms with E-state index in [1.807, 2.05) is 0 Å². The van der Waals surface area contributed by atoms with Gasteiger partial charge in [-0.05, 0) is 61.4 Å². The molecule has 3 nitrogen and oxygen atoms in total. The highest BCUT2D eigenvalue weighted by molar-refractivity contribution is 5.89. The summed E-state index contributed by atoms with van der Waals surface area (Å²) in [6.45, 7) is 3.59. The number of aromatic amines is 1. The van der Waals surface area contributed by atoms with Crippen LogP contribution in [0.1, 0.15) is 48.8 Å². The fraction of sp³-hybridized carbons (Fsp3) is 0.600. The molecule has 0 amide bonds. The number of likely N-dealkylation sites (N-methyl/N-ethyl adjacent to an activating group) is 1. The molecule has 4 rings (SSSR count). The number of likely N-dealkylation sites (tertiary alicyclic amines) is 1. The molecule has 0 spiro atoms. The first-order chi connectivity index (χ1) is 11.2. The van der Waals surface area contributed by atoms with E-state index in [0.717, 1.165) is 19.4 Å². The maximum Gasteiger partial charge on any atom is 0.0471 e. The lowest BCUT2D eigenvalue weighted by molar-refractivity contribution is 0.0771. The average Bonchev–Trinajstić information content (AvgIpc) is 2.97. The molecule has 3 atom stereocenters. The largest absolute Gasteiger partial charge is 0.396 e. The zero-order valence-electron chi connectivity index (χ0n) is 14.3. The molecule has 2 heterocycles. The van der Waals surface area contributed by atoms with Gasteiger partial charge in [-0.3, -0.25) is 0 Å². The predicted octanol–water partition coefficient (Wildman–Crippen LogP) is 3.46. The quantitative estimate of drug-likeness (QED) is 0.907. The Hall–Kier alpha value is -1.32. The molecule has 2 N–H and O–H groups in total. The molecular weight excluding hydrogens is 284 g/mol. The standard InChI is InChI=1S/C20H28N2O/c1-3-4-5-13-6-17-16-7-14(12-23)11-22(2)19(16)9-15-10-21-18(8-13)20(15)17/h6,8,10,14,16,19,21,23H,3-5,7,9,11-12H2,1-2H3/t14?,16-,19-/m1/s1. The SMILES string of the molecule is CCCCc1cc2c3c(c[nH]c3c1)C[C@@H]1[C@@H]2CC(CO)CN1C. The van der Waals surface area contributed by atoms with Crippen molar-refractivity contribution in [2.75, 3.05) is 20.2 Å². The van der Waals surface area contributed by atoms with Gasteiger partial charge in [0, 0.05) is 42.2 Å². The van der Waals surface area contributed by atoms with Crippen LogP contribution in [0.2, 0.25) is 0 Å². The zero-order chi connectivity index (χ0) is 16.0. The van der Waals surface area contributed by atoms with Crippen LogP contribution in [0.5, 0.6) is 0 Å². The van der Waals surface area contributed by atoms with Crippen LogP contribution < -0.4 is 0 Å². The summed E-state index contributed by atoms with van der Waals surface area (Å²) in [5, 5.41) is 11.2. The Kier molecular flexibility index (Phi) is 3.94. The number of nitrogens with zero attached hydrogens (tertiary/aromatic N) is 1. The summed E-state index contributed by atoms with van der Waals surface area (Å²) in [4.78, 5) is 6.00. The third-order valence-corrected chi connectivity index (χ3v) is 6.02. The summed E-state index contributed by atoms with van der Waals surface area (Å²) in [6.07, 6.45) is 8.16. The molecule has 1 saturated heterocycles. The number of hydrogen-bond donors (Lipinski definition) is 2. The second kappa shape index (κ2) is 5.95. The first-order valence-corrected chi connectivity index (χ1v) is 9.15. The minimum Gasteiger partial charge on any atom is -0.396 e. The number of aromatic nitrogens is 1. The summed E-state index contributed by atoms with van der Waals surface area (Å²) >= 11 is 0. The molecule has 0 saturated carbocycles. The van der Waals surface area contributed by atoms with Gasteiger partial charge in [-0.1, -0.05) is 19.4 Å². The van der Waals surface area contributed by atoms with Crippen LogP contribution in [0, 0.1) is 5.92 Å². The monoisotopic (exact) mass is 312 g/mol. The number of rotatable bonds is 4. The van der Waals surface area contributed by atoms with E-state index >= 15 is 0 Å². The minimum absolute atomic E-state index is 0.312. The van der Waals surface area contributed by atoms with E-state index in [9.17, 15) is 5.11 Å². The maximum atomic E-state index is 9.69. The van der Waals surface area contributed by atoms with Crippen molar-refractivity contribution in [2.45, 2.75) is 51.0 Å². The third-order valence-electron chi connectivity index (χ3n) is 6.02. The van der Waals surface area contributed by atoms with Crippen LogP contribution in [-0.2, 0) is 12.8 Å². The number of benzene rings is 1. The van der Waals surface area contributed by atoms with Crippen molar-refractivity contribution < 1.29 is 5.11 Å². The van der Waals surface area contributed by atoms with Gasteiger partial charge in [-0.2, -0.15) is 0 Å². The van der Waals surface area contributed by atoms with Gasteiger partial charge in [0.2, 0.25) is 0 Å². The lowest BCUT2D eigenvalue weighted by Gasteiger charge is -2.45. The molecule has 1 fully saturated rings. The van der Waals surface area contributed by atoms with Gasteiger partial charge in [0.25, 0.3) is 0 Å². The molecule has 3 heteroatoms. The van der Waals surface area contributed by atoms with Crippen molar-refractivity contribution in [3.63, 3.8) is 0 Å². The Morgan fingerprint density at radius 1 is 1.35 bits per heavy atom. The predicted molar refractivity (Wildman–Crippen MR) is 95.0 cm³/mol. The first-order valence-electron chi connectivity index (χ1n) is 9.15. The number of aliphatic hydroxyl groups excluding tert-OH is 1. The molecule has 1 aromatic carbocycles. The Bertz CT molecular complexity index is 705. The molecule has 1 aliphatic carbocycles. The van der Waals surface area contributed by atoms with E-state index in [1.54, 1.807) is 0 Å². The van der Waals surface area contributed by atoms with Gasteiger partial charge in [-0.25, -0.2) is 0 Å². The molecular formula is C20H28N2O. The van der Waals surface area contributed by atoms with E-state index in [1.165, 1.54) is 46.9 Å². The third kappa shape index (κ3) is 2.50. The lowest BCUT2D eigenvalue weighted by atomic mass is 9.72. The van der Waals surface area contributed by atoms with E-state index in [4.69, 9.17) is 0 Å². The Morgan fingerprint density at radius 3 is 3.00 bits per heavy atom. The molecule has 2 aliphatic rings. The van der Waals surface area contributed by atoms with Crippen molar-refractivity contribution in [1.82, 2.24) is 9.88 Å². The van der Waals surface area contributed by atoms with E-state index in [-0.39, 0.29) is 0 Å². The molecule has 23 heavy (non-hydrogen) atoms. The van der Waals surface area contributed by atoms with Crippen molar-refractivity contribution >= 4 is 10.9 Å². The number of nitrogens with one attached hydrogen (secondary N) is 1. The number of aliphatic hydroxyl groups is 1. The van der Waals surface area contributed by atoms with Crippen molar-refractivity contribution in [2.24, 2.45) is 5.92 Å². The van der Waals surface area contributed by atoms with Gasteiger partial charge in [0.1, 0.15) is 0 Å². The van der Waals surface area contributed by atoms with Gasteiger partial charge < -0.3 is 15.0 Å². The van der Waals surface area contributed by atoms with Gasteiger partial charge >= 0.3 is 0 Å². The van der Waals surface area contributed by atoms with E-state index in [0.29, 0.717) is 24.5 Å². The van der Waals surface area contributed by atoms with Crippen molar-refractivity contribution in [3.05, 3.63) is 35.0 Å². The van der Waals surface area contributed by atoms with Crippen LogP contribution in [0.15, 0.2) is 18.3 Å². The van der Waals surface area contributed by atoms with Gasteiger partial charge in [0.05, 0.1) is 0 Å². The fourth-order valence-electron chi connectivity index (χ4n) is 4.85. The molecule has 0 radical (unpaired) electrons. The number of aryl methyl sites for hydroxylation is 1. The first kappa shape index (κ1) is 15.2. The molecule has 1 unspecified atom stereocenters. The number of piperidine rings is 1. The fourth-order valence-corrected chi connectivity index (χ4v) is 4.85. The molecule has 2 aromatic rings. The van der Waals surface area contributed by atoms with Crippen LogP contribution in [-0.4, -0.2) is 41.2 Å². The number of hydrogen-bond acceptors (Lipinski definition) is 2. The summed E-state index contributed by atoms with van der Waals surface area (Å²) < 4.78 is 0. The Labute approximate surface area is 138 Å². The molecule has 0 bridgehead atoms. The average molecular weight is 312 g/mol. The van der Waals surface area contributed by atoms with Gasteiger partial charge in [0.15, 0.2) is 0 Å². The summed E-state index contributed by atoms with van der Waals surface area (Å²) in [7, 11) is 2.23. The van der Waals surface area contributed by atoms with E-state index in [2.05, 4.69) is 42.2 Å². The maximum absolute atomic E-state index is 9.69. The normalized spacial score (nSPS) is 27.3. The van der Waals surface area contributed by atoms with Crippen LogP contribution in [0.25, 0.3) is 10.9 Å². The molecule has 1 aliphatic heterocycles. The van der Waals surface area contributed by atoms with E-state index < -0.39 is 0 Å². The number of fused-ring (bicyclic) bond motifs is 2. The topological polar surface area (TPSA) is 39.3 Å². The Balaban J connectivity index is 1.79. The van der Waals surface area contributed by atoms with Crippen molar-refractivity contribution in [1.29, 1.82) is 0 Å². The molecule has 1 aromatic heterocycles. The van der Waals surface area contributed by atoms with Crippen LogP contribution >= 0.6 is 0 Å². The highest BCUT2D eigenvalue weighted by Gasteiger charge is 2.39. The highest BCUT2D eigenvalue weighted by atomic mass is 16.3. The van der Waals surface area contributed by atoms with Crippen LogP contribution in [0.3, 0.4) is 0 Å². The summed E-state index contributed by atoms with van der Waals surface area (Å²) in [5.74, 6) is 0.981. The summed E-state index contributed by atoms with van der Waals surface area (Å²) in [6, 6.07) is 5.42. The number of H-pyrrole nitrogens is 1. The second-order valence-corrected chi connectivity index (χ2v) is 7.63. The lowest BCUT2D eigenvalue weighted by Crippen LogP contribution is -2.48. The minimum atomic E-state index is 0.312. The zero-order valence-corrected chi connectivity index (χ0v) is 14.3.